The molecule has 1 N–H and O–H groups in total. The van der Waals surface area contributed by atoms with Crippen molar-refractivity contribution in [2.45, 2.75) is 19.8 Å². The molecule has 0 unspecified atom stereocenters. The highest BCUT2D eigenvalue weighted by Crippen LogP contribution is 2.28. The lowest BCUT2D eigenvalue weighted by Crippen LogP contribution is -2.02. The summed E-state index contributed by atoms with van der Waals surface area (Å²) in [4.78, 5) is 7.08. The summed E-state index contributed by atoms with van der Waals surface area (Å²) in [6, 6.07) is 0. The molecule has 3 nitrogen and oxygen atoms in total. The van der Waals surface area contributed by atoms with Gasteiger partial charge in [-0.1, -0.05) is 0 Å². The minimum Gasteiger partial charge on any atom is -0.330 e. The van der Waals surface area contributed by atoms with Gasteiger partial charge in [0.15, 0.2) is 0 Å². The largest absolute Gasteiger partial charge is 0.330 e. The fourth-order valence-electron chi connectivity index (χ4n) is 1.04. The van der Waals surface area contributed by atoms with Gasteiger partial charge < -0.3 is 4.98 Å². The second-order valence-corrected chi connectivity index (χ2v) is 3.12. The number of H-pyrrole nitrogens is 1. The molecular formula is C8H12N3. The van der Waals surface area contributed by atoms with Crippen LogP contribution in [-0.2, 0) is 0 Å². The lowest BCUT2D eigenvalue weighted by atomic mass is 10.4. The van der Waals surface area contributed by atoms with Gasteiger partial charge in [-0.3, -0.25) is 5.32 Å². The summed E-state index contributed by atoms with van der Waals surface area (Å²) in [6.45, 7) is 2.95. The third kappa shape index (κ3) is 1.53. The van der Waals surface area contributed by atoms with Crippen molar-refractivity contribution in [2.75, 3.05) is 6.54 Å². The summed E-state index contributed by atoms with van der Waals surface area (Å²) in [5.74, 6) is 1.81. The van der Waals surface area contributed by atoms with Crippen LogP contribution in [0.4, 0.5) is 5.82 Å². The van der Waals surface area contributed by atoms with Gasteiger partial charge in [0.2, 0.25) is 0 Å². The maximum Gasteiger partial charge on any atom is 0.147 e. The molecule has 1 aromatic heterocycles. The molecule has 1 aliphatic rings. The zero-order valence-corrected chi connectivity index (χ0v) is 6.67. The summed E-state index contributed by atoms with van der Waals surface area (Å²) in [5.41, 5.74) is 1.01. The van der Waals surface area contributed by atoms with Gasteiger partial charge in [0.05, 0.1) is 12.0 Å². The van der Waals surface area contributed by atoms with E-state index < -0.39 is 0 Å². The molecule has 3 heteroatoms. The molecule has 1 saturated carbocycles. The summed E-state index contributed by atoms with van der Waals surface area (Å²) in [5, 5.41) is 4.41. The number of aromatic amines is 1. The normalized spacial score (nSPS) is 16.8. The van der Waals surface area contributed by atoms with Crippen LogP contribution in [0.5, 0.6) is 0 Å². The van der Waals surface area contributed by atoms with E-state index in [0.29, 0.717) is 0 Å². The molecule has 59 valence electrons. The first kappa shape index (κ1) is 6.70. The summed E-state index contributed by atoms with van der Waals surface area (Å²) in [6.07, 6.45) is 4.41. The summed E-state index contributed by atoms with van der Waals surface area (Å²) < 4.78 is 0. The molecule has 0 aliphatic heterocycles. The Balaban J connectivity index is 1.89. The fraction of sp³-hybridized carbons (Fsp3) is 0.625. The third-order valence-corrected chi connectivity index (χ3v) is 2.01. The van der Waals surface area contributed by atoms with Crippen LogP contribution in [0.2, 0.25) is 0 Å². The predicted octanol–water partition coefficient (Wildman–Crippen LogP) is 1.36. The molecule has 0 bridgehead atoms. The lowest BCUT2D eigenvalue weighted by molar-refractivity contribution is 0.732. The standard InChI is InChI=1S/C8H12N3/c1-6-8(11-5-10-6)9-4-7-2-3-7/h5,7H,2-4H2,1H3,(H,10,11). The van der Waals surface area contributed by atoms with Crippen LogP contribution in [0.3, 0.4) is 0 Å². The second-order valence-electron chi connectivity index (χ2n) is 3.12. The average Bonchev–Trinajstić information content (AvgIpc) is 2.73. The van der Waals surface area contributed by atoms with E-state index in [1.807, 2.05) is 6.92 Å². The van der Waals surface area contributed by atoms with Gasteiger partial charge in [0, 0.05) is 6.54 Å². The first-order valence-corrected chi connectivity index (χ1v) is 4.04. The van der Waals surface area contributed by atoms with Gasteiger partial charge >= 0.3 is 0 Å². The topological polar surface area (TPSA) is 42.8 Å². The number of imidazole rings is 1. The number of aryl methyl sites for hydroxylation is 1. The highest BCUT2D eigenvalue weighted by atomic mass is 15.0. The Labute approximate surface area is 66.2 Å². The highest BCUT2D eigenvalue weighted by Gasteiger charge is 2.21. The molecule has 0 atom stereocenters. The highest BCUT2D eigenvalue weighted by molar-refractivity contribution is 5.30. The molecule has 0 amide bonds. The van der Waals surface area contributed by atoms with Crippen molar-refractivity contribution >= 4 is 5.82 Å². The number of hydrogen-bond acceptors (Lipinski definition) is 1. The Morgan fingerprint density at radius 2 is 2.55 bits per heavy atom. The lowest BCUT2D eigenvalue weighted by Gasteiger charge is -1.97. The average molecular weight is 150 g/mol. The smallest absolute Gasteiger partial charge is 0.147 e. The molecular weight excluding hydrogens is 138 g/mol. The van der Waals surface area contributed by atoms with Crippen LogP contribution in [0.1, 0.15) is 18.5 Å². The number of nitrogens with one attached hydrogen (secondary N) is 1. The van der Waals surface area contributed by atoms with E-state index in [0.717, 1.165) is 24.0 Å². The SMILES string of the molecule is Cc1nc[nH]c1[N]CC1CC1. The van der Waals surface area contributed by atoms with E-state index in [1.165, 1.54) is 12.8 Å². The molecule has 2 rings (SSSR count). The molecule has 0 saturated heterocycles. The second kappa shape index (κ2) is 2.57. The van der Waals surface area contributed by atoms with Crippen molar-refractivity contribution in [3.8, 4) is 0 Å². The number of nitrogens with zero attached hydrogens (tertiary/aromatic N) is 2. The van der Waals surface area contributed by atoms with Crippen LogP contribution >= 0.6 is 0 Å². The van der Waals surface area contributed by atoms with Gasteiger partial charge in [-0.15, -0.1) is 0 Å². The van der Waals surface area contributed by atoms with E-state index in [9.17, 15) is 0 Å². The number of hydrogen-bond donors (Lipinski definition) is 1. The Hall–Kier alpha value is -0.990. The maximum atomic E-state index is 4.41. The van der Waals surface area contributed by atoms with Crippen molar-refractivity contribution < 1.29 is 0 Å². The molecule has 1 fully saturated rings. The van der Waals surface area contributed by atoms with Gasteiger partial charge in [0.25, 0.3) is 0 Å². The quantitative estimate of drug-likeness (QED) is 0.694. The Morgan fingerprint density at radius 3 is 3.09 bits per heavy atom. The Bertz CT molecular complexity index is 237. The van der Waals surface area contributed by atoms with Crippen LogP contribution in [-0.4, -0.2) is 16.5 Å². The molecule has 11 heavy (non-hydrogen) atoms. The minimum atomic E-state index is 0.859. The molecule has 1 heterocycles. The number of aromatic nitrogens is 2. The molecule has 1 aliphatic carbocycles. The summed E-state index contributed by atoms with van der Waals surface area (Å²) >= 11 is 0. The van der Waals surface area contributed by atoms with Crippen LogP contribution in [0, 0.1) is 12.8 Å². The molecule has 1 aromatic rings. The minimum absolute atomic E-state index is 0.859. The van der Waals surface area contributed by atoms with Crippen molar-refractivity contribution in [1.29, 1.82) is 0 Å². The van der Waals surface area contributed by atoms with Gasteiger partial charge in [-0.25, -0.2) is 4.98 Å². The Kier molecular flexibility index (Phi) is 1.56. The monoisotopic (exact) mass is 150 g/mol. The van der Waals surface area contributed by atoms with E-state index >= 15 is 0 Å². The van der Waals surface area contributed by atoms with E-state index in [4.69, 9.17) is 0 Å². The fourth-order valence-corrected chi connectivity index (χ4v) is 1.04. The van der Waals surface area contributed by atoms with Gasteiger partial charge in [-0.2, -0.15) is 0 Å². The van der Waals surface area contributed by atoms with Gasteiger partial charge in [-0.05, 0) is 25.7 Å². The maximum absolute atomic E-state index is 4.41. The van der Waals surface area contributed by atoms with Crippen LogP contribution < -0.4 is 5.32 Å². The van der Waals surface area contributed by atoms with Crippen molar-refractivity contribution in [2.24, 2.45) is 5.92 Å². The first-order valence-electron chi connectivity index (χ1n) is 4.04. The van der Waals surface area contributed by atoms with E-state index in [-0.39, 0.29) is 0 Å². The molecule has 1 radical (unpaired) electrons. The van der Waals surface area contributed by atoms with E-state index in [1.54, 1.807) is 6.33 Å². The van der Waals surface area contributed by atoms with Crippen molar-refractivity contribution in [3.63, 3.8) is 0 Å². The van der Waals surface area contributed by atoms with Gasteiger partial charge in [0.1, 0.15) is 5.82 Å². The van der Waals surface area contributed by atoms with Crippen LogP contribution in [0.15, 0.2) is 6.33 Å². The predicted molar refractivity (Wildman–Crippen MR) is 42.7 cm³/mol. The van der Waals surface area contributed by atoms with Crippen molar-refractivity contribution in [1.82, 2.24) is 15.3 Å². The molecule has 0 aromatic carbocycles. The van der Waals surface area contributed by atoms with Crippen molar-refractivity contribution in [3.05, 3.63) is 12.0 Å². The van der Waals surface area contributed by atoms with E-state index in [2.05, 4.69) is 15.3 Å². The first-order chi connectivity index (χ1) is 5.36. The Morgan fingerprint density at radius 1 is 1.73 bits per heavy atom. The third-order valence-electron chi connectivity index (χ3n) is 2.01. The van der Waals surface area contributed by atoms with Crippen LogP contribution in [0.25, 0.3) is 0 Å². The number of rotatable bonds is 3. The summed E-state index contributed by atoms with van der Waals surface area (Å²) in [7, 11) is 0. The molecule has 0 spiro atoms. The zero-order chi connectivity index (χ0) is 7.68. The zero-order valence-electron chi connectivity index (χ0n) is 6.67.